The molecule has 8 nitrogen and oxygen atoms in total. The molecular weight excluding hydrogens is 482 g/mol. The lowest BCUT2D eigenvalue weighted by molar-refractivity contribution is -0.577. The molecule has 0 aliphatic carbocycles. The summed E-state index contributed by atoms with van der Waals surface area (Å²) >= 11 is 0. The number of para-hydroxylation sites is 3. The number of rotatable bonds is 3. The van der Waals surface area contributed by atoms with E-state index in [9.17, 15) is 10.0 Å². The van der Waals surface area contributed by atoms with Crippen LogP contribution < -0.4 is 24.5 Å². The highest BCUT2D eigenvalue weighted by Gasteiger charge is 2.07. The summed E-state index contributed by atoms with van der Waals surface area (Å²) in [4.78, 5) is 18.1. The molecule has 6 rings (SSSR count). The predicted octanol–water partition coefficient (Wildman–Crippen LogP) is 5.26. The van der Waals surface area contributed by atoms with Gasteiger partial charge in [0.25, 0.3) is 5.56 Å². The standard InChI is InChI=1S/2C10H9NO2.C10H9NO/c1-13-10-6-7-11(12)9-5-3-2-4-8(9)10;1-13-9-6-10(12)11-8-5-3-2-4-7(8)9;1-12-10-6-7-11-9-5-3-2-4-8(9)10/h2-7H,1H3;2-6H,1H3,(H,11,12);2-7H,1H3. The summed E-state index contributed by atoms with van der Waals surface area (Å²) in [7, 11) is 4.82. The lowest BCUT2D eigenvalue weighted by Gasteiger charge is -2.04. The molecule has 0 aliphatic heterocycles. The van der Waals surface area contributed by atoms with Crippen LogP contribution >= 0.6 is 0 Å². The number of aromatic nitrogens is 3. The molecule has 1 N–H and O–H groups in total. The van der Waals surface area contributed by atoms with Crippen LogP contribution in [-0.2, 0) is 0 Å². The van der Waals surface area contributed by atoms with Gasteiger partial charge < -0.3 is 24.4 Å². The van der Waals surface area contributed by atoms with Gasteiger partial charge in [-0.15, -0.1) is 0 Å². The number of ether oxygens (including phenoxy) is 3. The van der Waals surface area contributed by atoms with E-state index < -0.39 is 0 Å². The van der Waals surface area contributed by atoms with Crippen molar-refractivity contribution in [3.8, 4) is 17.2 Å². The first-order chi connectivity index (χ1) is 18.5. The van der Waals surface area contributed by atoms with Crippen LogP contribution in [0.4, 0.5) is 0 Å². The van der Waals surface area contributed by atoms with Gasteiger partial charge in [0.05, 0.1) is 37.7 Å². The number of methoxy groups -OCH3 is 3. The Labute approximate surface area is 219 Å². The normalized spacial score (nSPS) is 10.2. The van der Waals surface area contributed by atoms with Gasteiger partial charge in [0.1, 0.15) is 17.2 Å². The number of nitrogens with zero attached hydrogens (tertiary/aromatic N) is 2. The van der Waals surface area contributed by atoms with E-state index in [1.54, 1.807) is 39.7 Å². The van der Waals surface area contributed by atoms with Gasteiger partial charge in [-0.05, 0) is 36.4 Å². The molecule has 3 heterocycles. The van der Waals surface area contributed by atoms with Crippen LogP contribution in [-0.4, -0.2) is 31.3 Å². The van der Waals surface area contributed by atoms with Gasteiger partial charge in [0, 0.05) is 35.2 Å². The second-order valence-electron chi connectivity index (χ2n) is 8.00. The van der Waals surface area contributed by atoms with E-state index in [4.69, 9.17) is 14.2 Å². The first kappa shape index (κ1) is 26.0. The second kappa shape index (κ2) is 12.2. The fourth-order valence-corrected chi connectivity index (χ4v) is 3.95. The van der Waals surface area contributed by atoms with Gasteiger partial charge in [-0.2, -0.15) is 4.73 Å². The van der Waals surface area contributed by atoms with Crippen molar-refractivity contribution in [3.63, 3.8) is 0 Å². The number of hydrogen-bond donors (Lipinski definition) is 1. The number of aromatic amines is 1. The van der Waals surface area contributed by atoms with Crippen LogP contribution in [0.1, 0.15) is 0 Å². The van der Waals surface area contributed by atoms with Crippen molar-refractivity contribution < 1.29 is 18.9 Å². The molecule has 8 heteroatoms. The number of nitrogens with one attached hydrogen (secondary N) is 1. The summed E-state index contributed by atoms with van der Waals surface area (Å²) in [6.07, 6.45) is 3.20. The zero-order valence-corrected chi connectivity index (χ0v) is 21.3. The summed E-state index contributed by atoms with van der Waals surface area (Å²) in [5.41, 5.74) is 2.25. The number of fused-ring (bicyclic) bond motifs is 3. The summed E-state index contributed by atoms with van der Waals surface area (Å²) < 4.78 is 16.2. The molecule has 192 valence electrons. The lowest BCUT2D eigenvalue weighted by Crippen LogP contribution is -2.25. The molecule has 0 saturated heterocycles. The van der Waals surface area contributed by atoms with Crippen molar-refractivity contribution in [3.05, 3.63) is 119 Å². The Balaban J connectivity index is 0.000000133. The van der Waals surface area contributed by atoms with Crippen molar-refractivity contribution in [1.29, 1.82) is 0 Å². The maximum absolute atomic E-state index is 11.3. The van der Waals surface area contributed by atoms with Gasteiger partial charge in [-0.25, -0.2) is 0 Å². The fraction of sp³-hybridized carbons (Fsp3) is 0.100. The van der Waals surface area contributed by atoms with E-state index in [2.05, 4.69) is 9.97 Å². The van der Waals surface area contributed by atoms with Crippen molar-refractivity contribution in [2.75, 3.05) is 21.3 Å². The Morgan fingerprint density at radius 1 is 0.711 bits per heavy atom. The topological polar surface area (TPSA) is 100 Å². The van der Waals surface area contributed by atoms with Crippen LogP contribution in [0.3, 0.4) is 0 Å². The molecule has 0 aliphatic rings. The SMILES string of the molecule is COc1cc(=O)[nH]c2ccccc12.COc1cc[n+]([O-])c2ccccc12.COc1ccnc2ccccc12. The van der Waals surface area contributed by atoms with Crippen LogP contribution in [0, 0.1) is 5.21 Å². The van der Waals surface area contributed by atoms with Crippen molar-refractivity contribution >= 4 is 32.7 Å². The van der Waals surface area contributed by atoms with Crippen LogP contribution in [0.2, 0.25) is 0 Å². The van der Waals surface area contributed by atoms with Gasteiger partial charge in [-0.1, -0.05) is 36.4 Å². The van der Waals surface area contributed by atoms with E-state index in [-0.39, 0.29) is 5.56 Å². The quantitative estimate of drug-likeness (QED) is 0.258. The predicted molar refractivity (Wildman–Crippen MR) is 149 cm³/mol. The highest BCUT2D eigenvalue weighted by atomic mass is 16.5. The molecular formula is C30H27N3O5. The summed E-state index contributed by atoms with van der Waals surface area (Å²) in [5.74, 6) is 2.21. The first-order valence-corrected chi connectivity index (χ1v) is 11.7. The minimum Gasteiger partial charge on any atom is -0.618 e. The third-order valence-electron chi connectivity index (χ3n) is 5.75. The van der Waals surface area contributed by atoms with E-state index in [1.807, 2.05) is 72.8 Å². The third-order valence-corrected chi connectivity index (χ3v) is 5.75. The van der Waals surface area contributed by atoms with Gasteiger partial charge in [-0.3, -0.25) is 9.78 Å². The smallest absolute Gasteiger partial charge is 0.252 e. The number of H-pyrrole nitrogens is 1. The maximum Gasteiger partial charge on any atom is 0.252 e. The van der Waals surface area contributed by atoms with Crippen molar-refractivity contribution in [2.24, 2.45) is 0 Å². The molecule has 0 atom stereocenters. The molecule has 6 aromatic rings. The molecule has 0 bridgehead atoms. The Morgan fingerprint density at radius 3 is 2.05 bits per heavy atom. The maximum atomic E-state index is 11.3. The molecule has 0 spiro atoms. The van der Waals surface area contributed by atoms with Crippen LogP contribution in [0.25, 0.3) is 32.7 Å². The second-order valence-corrected chi connectivity index (χ2v) is 8.00. The van der Waals surface area contributed by atoms with Gasteiger partial charge in [0.2, 0.25) is 5.52 Å². The van der Waals surface area contributed by atoms with Gasteiger partial charge in [0.15, 0.2) is 6.20 Å². The Bertz CT molecular complexity index is 1730. The molecule has 38 heavy (non-hydrogen) atoms. The zero-order chi connectivity index (χ0) is 26.9. The zero-order valence-electron chi connectivity index (χ0n) is 21.3. The molecule has 0 saturated carbocycles. The van der Waals surface area contributed by atoms with Gasteiger partial charge >= 0.3 is 0 Å². The minimum atomic E-state index is -0.143. The van der Waals surface area contributed by atoms with Crippen molar-refractivity contribution in [2.45, 2.75) is 0 Å². The largest absolute Gasteiger partial charge is 0.618 e. The first-order valence-electron chi connectivity index (χ1n) is 11.7. The highest BCUT2D eigenvalue weighted by Crippen LogP contribution is 2.23. The van der Waals surface area contributed by atoms with Crippen LogP contribution in [0.5, 0.6) is 17.2 Å². The molecule has 0 fully saturated rings. The molecule has 0 radical (unpaired) electrons. The van der Waals surface area contributed by atoms with E-state index in [0.717, 1.165) is 43.4 Å². The fourth-order valence-electron chi connectivity index (χ4n) is 3.95. The van der Waals surface area contributed by atoms with E-state index >= 15 is 0 Å². The summed E-state index contributed by atoms with van der Waals surface area (Å²) in [5, 5.41) is 14.1. The minimum absolute atomic E-state index is 0.143. The summed E-state index contributed by atoms with van der Waals surface area (Å²) in [6.45, 7) is 0. The molecule has 0 amide bonds. The summed E-state index contributed by atoms with van der Waals surface area (Å²) in [6, 6.07) is 27.8. The Hall–Kier alpha value is -5.11. The van der Waals surface area contributed by atoms with E-state index in [0.29, 0.717) is 11.3 Å². The van der Waals surface area contributed by atoms with Crippen LogP contribution in [0.15, 0.2) is 108 Å². The number of pyridine rings is 3. The van der Waals surface area contributed by atoms with E-state index in [1.165, 1.54) is 12.3 Å². The Kier molecular flexibility index (Phi) is 8.35. The Morgan fingerprint density at radius 2 is 1.32 bits per heavy atom. The number of hydrogen-bond acceptors (Lipinski definition) is 6. The molecule has 0 unspecified atom stereocenters. The third kappa shape index (κ3) is 5.82. The number of benzene rings is 3. The molecule has 3 aromatic heterocycles. The average molecular weight is 510 g/mol. The monoisotopic (exact) mass is 509 g/mol. The lowest BCUT2D eigenvalue weighted by atomic mass is 10.2. The van der Waals surface area contributed by atoms with Crippen molar-refractivity contribution in [1.82, 2.24) is 9.97 Å². The average Bonchev–Trinajstić information content (AvgIpc) is 2.97. The molecule has 3 aromatic carbocycles. The highest BCUT2D eigenvalue weighted by molar-refractivity contribution is 5.85.